The Hall–Kier alpha value is -4.05. The molecule has 2 aromatic carbocycles. The summed E-state index contributed by atoms with van der Waals surface area (Å²) in [4.78, 5) is 24.2. The molecule has 0 N–H and O–H groups in total. The van der Waals surface area contributed by atoms with Gasteiger partial charge in [-0.05, 0) is 42.8 Å². The van der Waals surface area contributed by atoms with E-state index in [1.807, 2.05) is 13.0 Å². The Morgan fingerprint density at radius 3 is 2.53 bits per heavy atom. The SMILES string of the molecule is CCOc1ccc(/C=C(\C#N)C(=O)OCc2cc(=O)oc3cc(OC)ccc23)cc1. The Balaban J connectivity index is 1.78. The largest absolute Gasteiger partial charge is 0.497 e. The molecule has 0 unspecified atom stereocenters. The summed E-state index contributed by atoms with van der Waals surface area (Å²) in [5, 5.41) is 9.95. The summed E-state index contributed by atoms with van der Waals surface area (Å²) in [6.45, 7) is 2.24. The molecule has 0 aliphatic heterocycles. The maximum Gasteiger partial charge on any atom is 0.349 e. The van der Waals surface area contributed by atoms with E-state index in [2.05, 4.69) is 0 Å². The molecule has 0 bridgehead atoms. The number of ether oxygens (including phenoxy) is 3. The number of esters is 1. The van der Waals surface area contributed by atoms with Gasteiger partial charge in [0.15, 0.2) is 0 Å². The van der Waals surface area contributed by atoms with Gasteiger partial charge < -0.3 is 18.6 Å². The first kappa shape index (κ1) is 20.7. The standard InChI is InChI=1S/C23H19NO6/c1-3-28-18-6-4-15(5-7-18)10-16(13-24)23(26)29-14-17-11-22(25)30-21-12-19(27-2)8-9-20(17)21/h4-12H,3,14H2,1-2H3/b16-10+. The molecule has 3 rings (SSSR count). The van der Waals surface area contributed by atoms with Crippen LogP contribution in [0.4, 0.5) is 0 Å². The molecule has 0 amide bonds. The van der Waals surface area contributed by atoms with E-state index >= 15 is 0 Å². The highest BCUT2D eigenvalue weighted by molar-refractivity contribution is 5.98. The van der Waals surface area contributed by atoms with Gasteiger partial charge in [0.05, 0.1) is 13.7 Å². The number of hydrogen-bond acceptors (Lipinski definition) is 7. The van der Waals surface area contributed by atoms with Crippen molar-refractivity contribution >= 4 is 23.0 Å². The highest BCUT2D eigenvalue weighted by atomic mass is 16.5. The van der Waals surface area contributed by atoms with Crippen LogP contribution in [0, 0.1) is 11.3 Å². The highest BCUT2D eigenvalue weighted by Crippen LogP contribution is 2.23. The van der Waals surface area contributed by atoms with Crippen molar-refractivity contribution in [3.63, 3.8) is 0 Å². The van der Waals surface area contributed by atoms with Crippen molar-refractivity contribution < 1.29 is 23.4 Å². The number of benzene rings is 2. The fourth-order valence-corrected chi connectivity index (χ4v) is 2.81. The van der Waals surface area contributed by atoms with E-state index in [0.717, 1.165) is 0 Å². The molecule has 0 aliphatic carbocycles. The first-order valence-corrected chi connectivity index (χ1v) is 9.16. The fourth-order valence-electron chi connectivity index (χ4n) is 2.81. The first-order valence-electron chi connectivity index (χ1n) is 9.16. The van der Waals surface area contributed by atoms with Crippen LogP contribution in [0.3, 0.4) is 0 Å². The average molecular weight is 405 g/mol. The Morgan fingerprint density at radius 2 is 1.87 bits per heavy atom. The summed E-state index contributed by atoms with van der Waals surface area (Å²) in [7, 11) is 1.50. The van der Waals surface area contributed by atoms with Crippen molar-refractivity contribution in [3.05, 3.63) is 75.7 Å². The summed E-state index contributed by atoms with van der Waals surface area (Å²) in [5.74, 6) is 0.438. The van der Waals surface area contributed by atoms with Crippen LogP contribution in [0.5, 0.6) is 11.5 Å². The summed E-state index contributed by atoms with van der Waals surface area (Å²) in [5.41, 5.74) is 0.708. The summed E-state index contributed by atoms with van der Waals surface area (Å²) >= 11 is 0. The van der Waals surface area contributed by atoms with Gasteiger partial charge in [-0.15, -0.1) is 0 Å². The highest BCUT2D eigenvalue weighted by Gasteiger charge is 2.14. The minimum atomic E-state index is -0.790. The average Bonchev–Trinajstić information content (AvgIpc) is 2.76. The fraction of sp³-hybridized carbons (Fsp3) is 0.174. The zero-order valence-corrected chi connectivity index (χ0v) is 16.5. The van der Waals surface area contributed by atoms with Gasteiger partial charge in [-0.3, -0.25) is 0 Å². The van der Waals surface area contributed by atoms with Crippen LogP contribution in [-0.4, -0.2) is 19.7 Å². The van der Waals surface area contributed by atoms with E-state index in [1.54, 1.807) is 42.5 Å². The van der Waals surface area contributed by atoms with Gasteiger partial charge in [0.25, 0.3) is 0 Å². The summed E-state index contributed by atoms with van der Waals surface area (Å²) in [6.07, 6.45) is 1.43. The van der Waals surface area contributed by atoms with E-state index in [4.69, 9.17) is 18.6 Å². The Bertz CT molecular complexity index is 1190. The van der Waals surface area contributed by atoms with Crippen LogP contribution >= 0.6 is 0 Å². The molecule has 1 heterocycles. The molecule has 7 heteroatoms. The van der Waals surface area contributed by atoms with Crippen molar-refractivity contribution in [1.29, 1.82) is 5.26 Å². The third-order valence-corrected chi connectivity index (χ3v) is 4.24. The van der Waals surface area contributed by atoms with Gasteiger partial charge in [0.1, 0.15) is 35.3 Å². The van der Waals surface area contributed by atoms with Gasteiger partial charge in [0.2, 0.25) is 0 Å². The summed E-state index contributed by atoms with van der Waals surface area (Å²) in [6, 6.07) is 15.1. The zero-order chi connectivity index (χ0) is 21.5. The Labute approximate surface area is 172 Å². The molecule has 3 aromatic rings. The minimum Gasteiger partial charge on any atom is -0.497 e. The second kappa shape index (κ2) is 9.43. The van der Waals surface area contributed by atoms with Crippen molar-refractivity contribution in [2.24, 2.45) is 0 Å². The molecule has 30 heavy (non-hydrogen) atoms. The lowest BCUT2D eigenvalue weighted by Gasteiger charge is -2.08. The molecule has 0 saturated carbocycles. The lowest BCUT2D eigenvalue weighted by Crippen LogP contribution is -2.09. The number of carbonyl (C=O) groups is 1. The van der Waals surface area contributed by atoms with Gasteiger partial charge in [-0.2, -0.15) is 5.26 Å². The van der Waals surface area contributed by atoms with Crippen molar-refractivity contribution in [3.8, 4) is 17.6 Å². The number of methoxy groups -OCH3 is 1. The van der Waals surface area contributed by atoms with Gasteiger partial charge in [0, 0.05) is 23.1 Å². The van der Waals surface area contributed by atoms with E-state index in [9.17, 15) is 14.9 Å². The molecule has 0 radical (unpaired) electrons. The lowest BCUT2D eigenvalue weighted by molar-refractivity contribution is -0.139. The third-order valence-electron chi connectivity index (χ3n) is 4.24. The topological polar surface area (TPSA) is 98.8 Å². The Morgan fingerprint density at radius 1 is 1.13 bits per heavy atom. The van der Waals surface area contributed by atoms with Gasteiger partial charge >= 0.3 is 11.6 Å². The van der Waals surface area contributed by atoms with E-state index in [-0.39, 0.29) is 12.2 Å². The van der Waals surface area contributed by atoms with Crippen LogP contribution in [0.25, 0.3) is 17.0 Å². The molecule has 0 aliphatic rings. The second-order valence-electron chi connectivity index (χ2n) is 6.20. The molecule has 7 nitrogen and oxygen atoms in total. The van der Waals surface area contributed by atoms with Gasteiger partial charge in [-0.1, -0.05) is 12.1 Å². The predicted molar refractivity (Wildman–Crippen MR) is 110 cm³/mol. The van der Waals surface area contributed by atoms with Crippen molar-refractivity contribution in [2.75, 3.05) is 13.7 Å². The molecule has 1 aromatic heterocycles. The minimum absolute atomic E-state index is 0.159. The lowest BCUT2D eigenvalue weighted by atomic mass is 10.1. The molecule has 0 saturated heterocycles. The van der Waals surface area contributed by atoms with E-state index in [0.29, 0.717) is 40.2 Å². The molecule has 0 fully saturated rings. The molecule has 152 valence electrons. The van der Waals surface area contributed by atoms with Crippen LogP contribution in [0.15, 0.2) is 63.3 Å². The van der Waals surface area contributed by atoms with Crippen LogP contribution in [0.1, 0.15) is 18.1 Å². The quantitative estimate of drug-likeness (QED) is 0.255. The van der Waals surface area contributed by atoms with Gasteiger partial charge in [-0.25, -0.2) is 9.59 Å². The monoisotopic (exact) mass is 405 g/mol. The molecular formula is C23H19NO6. The number of nitrogens with zero attached hydrogens (tertiary/aromatic N) is 1. The van der Waals surface area contributed by atoms with Crippen LogP contribution < -0.4 is 15.1 Å². The number of nitriles is 1. The van der Waals surface area contributed by atoms with Crippen LogP contribution in [0.2, 0.25) is 0 Å². The van der Waals surface area contributed by atoms with Crippen molar-refractivity contribution in [2.45, 2.75) is 13.5 Å². The normalized spacial score (nSPS) is 11.0. The first-order chi connectivity index (χ1) is 14.5. The third kappa shape index (κ3) is 4.86. The smallest absolute Gasteiger partial charge is 0.349 e. The number of carbonyl (C=O) groups excluding carboxylic acids is 1. The maximum absolute atomic E-state index is 12.4. The number of hydrogen-bond donors (Lipinski definition) is 0. The summed E-state index contributed by atoms with van der Waals surface area (Å²) < 4.78 is 20.9. The predicted octanol–water partition coefficient (Wildman–Crippen LogP) is 3.85. The second-order valence-corrected chi connectivity index (χ2v) is 6.20. The maximum atomic E-state index is 12.4. The van der Waals surface area contributed by atoms with Crippen molar-refractivity contribution in [1.82, 2.24) is 0 Å². The van der Waals surface area contributed by atoms with Crippen LogP contribution in [-0.2, 0) is 16.1 Å². The molecule has 0 spiro atoms. The van der Waals surface area contributed by atoms with E-state index < -0.39 is 11.6 Å². The zero-order valence-electron chi connectivity index (χ0n) is 16.5. The number of rotatable bonds is 7. The Kier molecular flexibility index (Phi) is 6.50. The molecular weight excluding hydrogens is 386 g/mol. The number of fused-ring (bicyclic) bond motifs is 1. The molecule has 0 atom stereocenters. The van der Waals surface area contributed by atoms with E-state index in [1.165, 1.54) is 19.3 Å².